The number of ether oxygens (including phenoxy) is 1. The van der Waals surface area contributed by atoms with Gasteiger partial charge in [0.25, 0.3) is 0 Å². The molecule has 124 valence electrons. The lowest BCUT2D eigenvalue weighted by molar-refractivity contribution is 0.0321. The highest BCUT2D eigenvalue weighted by atomic mass is 32.1. The van der Waals surface area contributed by atoms with Gasteiger partial charge in [0.1, 0.15) is 17.0 Å². The summed E-state index contributed by atoms with van der Waals surface area (Å²) in [7, 11) is 0. The normalized spacial score (nSPS) is 21.2. The van der Waals surface area contributed by atoms with Crippen molar-refractivity contribution in [2.45, 2.75) is 32.2 Å². The molecule has 5 nitrogen and oxygen atoms in total. The number of nitrogens with zero attached hydrogens (tertiary/aromatic N) is 4. The molecule has 2 aliphatic heterocycles. The fourth-order valence-electron chi connectivity index (χ4n) is 3.67. The van der Waals surface area contributed by atoms with Crippen molar-refractivity contribution >= 4 is 27.4 Å². The second-order valence-corrected chi connectivity index (χ2v) is 7.46. The zero-order chi connectivity index (χ0) is 15.6. The van der Waals surface area contributed by atoms with E-state index in [1.54, 1.807) is 17.7 Å². The minimum absolute atomic E-state index is 0.712. The van der Waals surface area contributed by atoms with Crippen molar-refractivity contribution in [1.82, 2.24) is 14.9 Å². The van der Waals surface area contributed by atoms with Gasteiger partial charge in [-0.05, 0) is 25.3 Å². The standard InChI is InChI=1S/C17H24N4OS/c1-2-14-11-15-16(18-12-19-17(15)23-14)21-7-5-20(6-8-21)13-3-9-22-10-4-13/h11-13H,2-10H2,1H3. The molecule has 2 aromatic heterocycles. The number of aromatic nitrogens is 2. The smallest absolute Gasteiger partial charge is 0.140 e. The van der Waals surface area contributed by atoms with E-state index >= 15 is 0 Å². The van der Waals surface area contributed by atoms with Crippen LogP contribution in [-0.2, 0) is 11.2 Å². The summed E-state index contributed by atoms with van der Waals surface area (Å²) >= 11 is 1.80. The van der Waals surface area contributed by atoms with E-state index in [-0.39, 0.29) is 0 Å². The third-order valence-electron chi connectivity index (χ3n) is 5.03. The van der Waals surface area contributed by atoms with Gasteiger partial charge in [-0.3, -0.25) is 4.90 Å². The number of fused-ring (bicyclic) bond motifs is 1. The molecule has 0 amide bonds. The van der Waals surface area contributed by atoms with E-state index in [0.717, 1.165) is 56.5 Å². The molecule has 2 saturated heterocycles. The molecule has 0 radical (unpaired) electrons. The van der Waals surface area contributed by atoms with Crippen molar-refractivity contribution in [2.24, 2.45) is 0 Å². The summed E-state index contributed by atoms with van der Waals surface area (Å²) in [5, 5.41) is 1.23. The summed E-state index contributed by atoms with van der Waals surface area (Å²) in [5.41, 5.74) is 0. The maximum atomic E-state index is 5.49. The van der Waals surface area contributed by atoms with Crippen LogP contribution in [0, 0.1) is 0 Å². The molecule has 4 rings (SSSR count). The largest absolute Gasteiger partial charge is 0.381 e. The van der Waals surface area contributed by atoms with Crippen LogP contribution in [0.4, 0.5) is 5.82 Å². The molecule has 2 aliphatic rings. The summed E-state index contributed by atoms with van der Waals surface area (Å²) < 4.78 is 5.49. The zero-order valence-corrected chi connectivity index (χ0v) is 14.5. The predicted octanol–water partition coefficient (Wildman–Crippen LogP) is 2.55. The van der Waals surface area contributed by atoms with Crippen LogP contribution in [0.25, 0.3) is 10.2 Å². The Kier molecular flexibility index (Phi) is 4.46. The van der Waals surface area contributed by atoms with Gasteiger partial charge in [-0.2, -0.15) is 0 Å². The molecule has 2 fully saturated rings. The molecule has 6 heteroatoms. The van der Waals surface area contributed by atoms with E-state index in [0.29, 0.717) is 6.04 Å². The first-order valence-corrected chi connectivity index (χ1v) is 9.47. The van der Waals surface area contributed by atoms with Crippen LogP contribution in [0.2, 0.25) is 0 Å². The van der Waals surface area contributed by atoms with Crippen LogP contribution < -0.4 is 4.90 Å². The summed E-state index contributed by atoms with van der Waals surface area (Å²) in [6, 6.07) is 2.99. The van der Waals surface area contributed by atoms with Crippen molar-refractivity contribution in [2.75, 3.05) is 44.3 Å². The average molecular weight is 332 g/mol. The summed E-state index contributed by atoms with van der Waals surface area (Å²) in [6.45, 7) is 8.41. The lowest BCUT2D eigenvalue weighted by atomic mass is 10.1. The number of rotatable bonds is 3. The van der Waals surface area contributed by atoms with Gasteiger partial charge in [-0.25, -0.2) is 9.97 Å². The number of piperazine rings is 1. The van der Waals surface area contributed by atoms with Crippen molar-refractivity contribution in [1.29, 1.82) is 0 Å². The Hall–Kier alpha value is -1.24. The third-order valence-corrected chi connectivity index (χ3v) is 6.22. The second-order valence-electron chi connectivity index (χ2n) is 6.35. The number of aryl methyl sites for hydroxylation is 1. The lowest BCUT2D eigenvalue weighted by Gasteiger charge is -2.41. The highest BCUT2D eigenvalue weighted by Gasteiger charge is 2.26. The van der Waals surface area contributed by atoms with Gasteiger partial charge in [-0.15, -0.1) is 11.3 Å². The maximum absolute atomic E-state index is 5.49. The number of hydrogen-bond acceptors (Lipinski definition) is 6. The fraction of sp³-hybridized carbons (Fsp3) is 0.647. The maximum Gasteiger partial charge on any atom is 0.140 e. The molecular formula is C17H24N4OS. The zero-order valence-electron chi connectivity index (χ0n) is 13.7. The molecular weight excluding hydrogens is 308 g/mol. The number of hydrogen-bond donors (Lipinski definition) is 0. The molecule has 0 atom stereocenters. The van der Waals surface area contributed by atoms with Gasteiger partial charge in [0.05, 0.1) is 5.39 Å². The summed E-state index contributed by atoms with van der Waals surface area (Å²) in [5.74, 6) is 1.12. The molecule has 0 bridgehead atoms. The first-order chi connectivity index (χ1) is 11.3. The number of anilines is 1. The summed E-state index contributed by atoms with van der Waals surface area (Å²) in [6.07, 6.45) is 5.15. The van der Waals surface area contributed by atoms with Crippen LogP contribution in [0.3, 0.4) is 0 Å². The molecule has 0 aromatic carbocycles. The molecule has 0 spiro atoms. The van der Waals surface area contributed by atoms with E-state index in [1.807, 2.05) is 0 Å². The first kappa shape index (κ1) is 15.3. The topological polar surface area (TPSA) is 41.5 Å². The highest BCUT2D eigenvalue weighted by Crippen LogP contribution is 2.31. The van der Waals surface area contributed by atoms with Gasteiger partial charge >= 0.3 is 0 Å². The minimum Gasteiger partial charge on any atom is -0.381 e. The summed E-state index contributed by atoms with van der Waals surface area (Å²) in [4.78, 5) is 16.6. The molecule has 23 heavy (non-hydrogen) atoms. The Morgan fingerprint density at radius 2 is 1.96 bits per heavy atom. The van der Waals surface area contributed by atoms with Crippen molar-refractivity contribution in [3.05, 3.63) is 17.3 Å². The Labute approximate surface area is 141 Å². The van der Waals surface area contributed by atoms with Gasteiger partial charge in [0, 0.05) is 50.3 Å². The predicted molar refractivity (Wildman–Crippen MR) is 94.4 cm³/mol. The van der Waals surface area contributed by atoms with E-state index in [4.69, 9.17) is 4.74 Å². The van der Waals surface area contributed by atoms with E-state index in [2.05, 4.69) is 32.8 Å². The quantitative estimate of drug-likeness (QED) is 0.864. The molecule has 0 aliphatic carbocycles. The van der Waals surface area contributed by atoms with Crippen LogP contribution in [-0.4, -0.2) is 60.3 Å². The first-order valence-electron chi connectivity index (χ1n) is 8.65. The van der Waals surface area contributed by atoms with Crippen LogP contribution in [0.5, 0.6) is 0 Å². The second kappa shape index (κ2) is 6.71. The molecule has 0 N–H and O–H groups in total. The van der Waals surface area contributed by atoms with E-state index < -0.39 is 0 Å². The molecule has 0 saturated carbocycles. The van der Waals surface area contributed by atoms with Gasteiger partial charge in [0.2, 0.25) is 0 Å². The Morgan fingerprint density at radius 1 is 1.17 bits per heavy atom. The Morgan fingerprint density at radius 3 is 2.70 bits per heavy atom. The lowest BCUT2D eigenvalue weighted by Crippen LogP contribution is -2.51. The van der Waals surface area contributed by atoms with Crippen molar-refractivity contribution in [3.63, 3.8) is 0 Å². The van der Waals surface area contributed by atoms with E-state index in [9.17, 15) is 0 Å². The molecule has 2 aromatic rings. The van der Waals surface area contributed by atoms with E-state index in [1.165, 1.54) is 23.1 Å². The van der Waals surface area contributed by atoms with Crippen LogP contribution in [0.1, 0.15) is 24.6 Å². The van der Waals surface area contributed by atoms with Crippen molar-refractivity contribution < 1.29 is 4.74 Å². The van der Waals surface area contributed by atoms with Crippen LogP contribution in [0.15, 0.2) is 12.4 Å². The number of thiophene rings is 1. The molecule has 0 unspecified atom stereocenters. The minimum atomic E-state index is 0.712. The monoisotopic (exact) mass is 332 g/mol. The SMILES string of the molecule is CCc1cc2c(N3CCN(C4CCOCC4)CC3)ncnc2s1. The fourth-order valence-corrected chi connectivity index (χ4v) is 4.60. The van der Waals surface area contributed by atoms with Crippen molar-refractivity contribution in [3.8, 4) is 0 Å². The van der Waals surface area contributed by atoms with Gasteiger partial charge < -0.3 is 9.64 Å². The van der Waals surface area contributed by atoms with Crippen LogP contribution >= 0.6 is 11.3 Å². The highest BCUT2D eigenvalue weighted by molar-refractivity contribution is 7.18. The Bertz CT molecular complexity index is 660. The Balaban J connectivity index is 1.48. The average Bonchev–Trinajstić information content (AvgIpc) is 3.06. The van der Waals surface area contributed by atoms with Gasteiger partial charge in [0.15, 0.2) is 0 Å². The van der Waals surface area contributed by atoms with Gasteiger partial charge in [-0.1, -0.05) is 6.92 Å². The molecule has 4 heterocycles. The third kappa shape index (κ3) is 3.07.